The maximum atomic E-state index is 13.3. The summed E-state index contributed by atoms with van der Waals surface area (Å²) in [7, 11) is 0. The van der Waals surface area contributed by atoms with Crippen molar-refractivity contribution in [2.45, 2.75) is 50.7 Å². The van der Waals surface area contributed by atoms with Crippen molar-refractivity contribution in [2.24, 2.45) is 0 Å². The van der Waals surface area contributed by atoms with Crippen LogP contribution in [0.25, 0.3) is 0 Å². The molecule has 3 unspecified atom stereocenters. The lowest BCUT2D eigenvalue weighted by Crippen LogP contribution is -2.51. The van der Waals surface area contributed by atoms with E-state index in [1.807, 2.05) is 17.7 Å². The second kappa shape index (κ2) is 8.99. The van der Waals surface area contributed by atoms with E-state index in [1.165, 1.54) is 22.8 Å². The lowest BCUT2D eigenvalue weighted by Gasteiger charge is -2.39. The number of hydrogen-bond acceptors (Lipinski definition) is 4. The highest BCUT2D eigenvalue weighted by Gasteiger charge is 2.36. The fourth-order valence-corrected chi connectivity index (χ4v) is 4.91. The molecular weight excluding hydrogens is 461 g/mol. The van der Waals surface area contributed by atoms with Crippen LogP contribution in [0.5, 0.6) is 0 Å². The summed E-state index contributed by atoms with van der Waals surface area (Å²) in [5, 5.41) is 0. The van der Waals surface area contributed by atoms with Crippen molar-refractivity contribution in [1.82, 2.24) is 19.0 Å². The molecule has 0 N–H and O–H groups in total. The van der Waals surface area contributed by atoms with E-state index in [-0.39, 0.29) is 30.2 Å². The first kappa shape index (κ1) is 23.3. The molecule has 2 aromatic heterocycles. The third-order valence-corrected chi connectivity index (χ3v) is 6.64. The van der Waals surface area contributed by atoms with Crippen LogP contribution >= 0.6 is 0 Å². The minimum atomic E-state index is -4.38. The quantitative estimate of drug-likeness (QED) is 0.555. The molecule has 0 aliphatic carbocycles. The van der Waals surface area contributed by atoms with E-state index in [9.17, 15) is 22.8 Å². The van der Waals surface area contributed by atoms with E-state index in [0.717, 1.165) is 30.7 Å². The lowest BCUT2D eigenvalue weighted by atomic mass is 9.97. The van der Waals surface area contributed by atoms with Gasteiger partial charge >= 0.3 is 6.18 Å². The molecule has 0 saturated carbocycles. The predicted molar refractivity (Wildman–Crippen MR) is 121 cm³/mol. The number of nitrogens with zero attached hydrogens (tertiary/aromatic N) is 4. The number of hydrogen-bond donors (Lipinski definition) is 0. The molecule has 35 heavy (non-hydrogen) atoms. The Morgan fingerprint density at radius 2 is 1.86 bits per heavy atom. The number of carbonyl (C=O) groups is 1. The molecule has 1 fully saturated rings. The van der Waals surface area contributed by atoms with Crippen LogP contribution in [-0.4, -0.2) is 44.1 Å². The molecule has 0 bridgehead atoms. The van der Waals surface area contributed by atoms with E-state index in [1.54, 1.807) is 23.4 Å². The van der Waals surface area contributed by atoms with Gasteiger partial charge in [-0.1, -0.05) is 18.2 Å². The van der Waals surface area contributed by atoms with Gasteiger partial charge in [-0.25, -0.2) is 4.98 Å². The molecule has 3 aromatic rings. The first-order valence-electron chi connectivity index (χ1n) is 11.5. The largest absolute Gasteiger partial charge is 0.416 e. The zero-order valence-electron chi connectivity index (χ0n) is 19.1. The Balaban J connectivity index is 1.36. The standard InChI is InChI=1S/C25H25F3N4O3/c1-16-12-31(15-29-16)22-14-30(24(34)20-5-3-7-23(33)32(20)22)13-19-4-2-6-21(35-19)17-8-10-18(11-9-17)25(26,27)28/h3,5,7-12,15,19,21-22H,2,4,6,13-14H2,1H3. The van der Waals surface area contributed by atoms with Gasteiger partial charge in [0.15, 0.2) is 0 Å². The molecule has 2 aliphatic heterocycles. The number of aromatic nitrogens is 3. The molecule has 3 atom stereocenters. The highest BCUT2D eigenvalue weighted by molar-refractivity contribution is 5.93. The summed E-state index contributed by atoms with van der Waals surface area (Å²) >= 11 is 0. The Kier molecular flexibility index (Phi) is 6.00. The Bertz CT molecular complexity index is 1280. The first-order valence-corrected chi connectivity index (χ1v) is 11.5. The van der Waals surface area contributed by atoms with Crippen molar-refractivity contribution in [3.63, 3.8) is 0 Å². The Morgan fingerprint density at radius 3 is 2.54 bits per heavy atom. The molecule has 1 aromatic carbocycles. The molecule has 4 heterocycles. The molecule has 2 aliphatic rings. The van der Waals surface area contributed by atoms with Crippen molar-refractivity contribution in [3.8, 4) is 0 Å². The number of amides is 1. The third-order valence-electron chi connectivity index (χ3n) is 6.64. The normalized spacial score (nSPS) is 22.8. The minimum absolute atomic E-state index is 0.254. The number of imidazole rings is 1. The molecule has 1 saturated heterocycles. The van der Waals surface area contributed by atoms with E-state index in [2.05, 4.69) is 4.98 Å². The topological polar surface area (TPSA) is 69.4 Å². The number of rotatable bonds is 4. The smallest absolute Gasteiger partial charge is 0.368 e. The maximum absolute atomic E-state index is 13.3. The fourth-order valence-electron chi connectivity index (χ4n) is 4.91. The van der Waals surface area contributed by atoms with Crippen molar-refractivity contribution in [2.75, 3.05) is 13.1 Å². The second-order valence-electron chi connectivity index (χ2n) is 9.07. The summed E-state index contributed by atoms with van der Waals surface area (Å²) in [6, 6.07) is 9.71. The zero-order valence-corrected chi connectivity index (χ0v) is 19.1. The van der Waals surface area contributed by atoms with Gasteiger partial charge in [-0.3, -0.25) is 14.2 Å². The Morgan fingerprint density at radius 1 is 1.09 bits per heavy atom. The third kappa shape index (κ3) is 4.62. The van der Waals surface area contributed by atoms with Crippen molar-refractivity contribution in [1.29, 1.82) is 0 Å². The van der Waals surface area contributed by atoms with Crippen molar-refractivity contribution >= 4 is 5.91 Å². The number of fused-ring (bicyclic) bond motifs is 1. The van der Waals surface area contributed by atoms with Crippen LogP contribution in [0.1, 0.15) is 58.8 Å². The van der Waals surface area contributed by atoms with Crippen LogP contribution in [0, 0.1) is 6.92 Å². The van der Waals surface area contributed by atoms with Gasteiger partial charge in [0.25, 0.3) is 11.5 Å². The summed E-state index contributed by atoms with van der Waals surface area (Å²) < 4.78 is 48.3. The zero-order chi connectivity index (χ0) is 24.7. The van der Waals surface area contributed by atoms with Gasteiger partial charge < -0.3 is 14.2 Å². The summed E-state index contributed by atoms with van der Waals surface area (Å²) in [6.07, 6.45) is 0.318. The van der Waals surface area contributed by atoms with Gasteiger partial charge in [-0.2, -0.15) is 13.2 Å². The average molecular weight is 486 g/mol. The van der Waals surface area contributed by atoms with Crippen LogP contribution in [-0.2, 0) is 10.9 Å². The summed E-state index contributed by atoms with van der Waals surface area (Å²) in [5.41, 5.74) is 0.839. The number of pyridine rings is 1. The van der Waals surface area contributed by atoms with Gasteiger partial charge in [0.05, 0.1) is 36.3 Å². The predicted octanol–water partition coefficient (Wildman–Crippen LogP) is 4.19. The number of ether oxygens (including phenoxy) is 1. The molecule has 5 rings (SSSR count). The second-order valence-corrected chi connectivity index (χ2v) is 9.07. The number of alkyl halides is 3. The van der Waals surface area contributed by atoms with E-state index < -0.39 is 17.9 Å². The summed E-state index contributed by atoms with van der Waals surface area (Å²) in [4.78, 5) is 31.9. The van der Waals surface area contributed by atoms with Gasteiger partial charge in [0.1, 0.15) is 11.9 Å². The first-order chi connectivity index (χ1) is 16.7. The number of aryl methyl sites for hydroxylation is 1. The van der Waals surface area contributed by atoms with Crippen LogP contribution in [0.3, 0.4) is 0 Å². The van der Waals surface area contributed by atoms with Crippen LogP contribution in [0.15, 0.2) is 59.8 Å². The highest BCUT2D eigenvalue weighted by atomic mass is 19.4. The summed E-state index contributed by atoms with van der Waals surface area (Å²) in [5.74, 6) is -0.254. The fraction of sp³-hybridized carbons (Fsp3) is 0.400. The van der Waals surface area contributed by atoms with Gasteiger partial charge in [0.2, 0.25) is 0 Å². The SMILES string of the molecule is Cc1cn(C2CN(CC3CCCC(c4ccc(C(F)(F)F)cc4)O3)C(=O)c3cccc(=O)n32)cn1. The van der Waals surface area contributed by atoms with Crippen molar-refractivity contribution in [3.05, 3.63) is 87.9 Å². The average Bonchev–Trinajstić information content (AvgIpc) is 3.27. The van der Waals surface area contributed by atoms with Crippen LogP contribution in [0.2, 0.25) is 0 Å². The molecule has 1 amide bonds. The molecule has 0 radical (unpaired) electrons. The molecule has 0 spiro atoms. The Hall–Kier alpha value is -3.40. The van der Waals surface area contributed by atoms with Crippen molar-refractivity contribution < 1.29 is 22.7 Å². The number of benzene rings is 1. The number of halogens is 3. The highest BCUT2D eigenvalue weighted by Crippen LogP contribution is 2.35. The molecule has 184 valence electrons. The Labute approximate surface area is 199 Å². The lowest BCUT2D eigenvalue weighted by molar-refractivity contribution is -0.137. The number of carbonyl (C=O) groups excluding carboxylic acids is 1. The minimum Gasteiger partial charge on any atom is -0.368 e. The molecule has 7 nitrogen and oxygen atoms in total. The maximum Gasteiger partial charge on any atom is 0.416 e. The molecular formula is C25H25F3N4O3. The van der Waals surface area contributed by atoms with E-state index in [4.69, 9.17) is 4.74 Å². The summed E-state index contributed by atoms with van der Waals surface area (Å²) in [6.45, 7) is 2.45. The van der Waals surface area contributed by atoms with Gasteiger partial charge in [0, 0.05) is 18.8 Å². The van der Waals surface area contributed by atoms with Gasteiger partial charge in [-0.05, 0) is 49.9 Å². The van der Waals surface area contributed by atoms with E-state index in [0.29, 0.717) is 24.2 Å². The van der Waals surface area contributed by atoms with Gasteiger partial charge in [-0.15, -0.1) is 0 Å². The van der Waals surface area contributed by atoms with Crippen LogP contribution < -0.4 is 5.56 Å². The monoisotopic (exact) mass is 486 g/mol. The van der Waals surface area contributed by atoms with Crippen LogP contribution in [0.4, 0.5) is 13.2 Å². The molecule has 10 heteroatoms. The van der Waals surface area contributed by atoms with E-state index >= 15 is 0 Å².